The first-order chi connectivity index (χ1) is 11.8. The minimum atomic E-state index is 0.458. The highest BCUT2D eigenvalue weighted by Crippen LogP contribution is 2.15. The molecule has 0 radical (unpaired) electrons. The van der Waals surface area contributed by atoms with E-state index in [4.69, 9.17) is 0 Å². The summed E-state index contributed by atoms with van der Waals surface area (Å²) in [6, 6.07) is 11.3. The van der Waals surface area contributed by atoms with Crippen LogP contribution in [0.1, 0.15) is 37.3 Å². The Hall–Kier alpha value is -0.940. The number of benzene rings is 1. The molecule has 4 nitrogen and oxygen atoms in total. The molecule has 0 aliphatic carbocycles. The van der Waals surface area contributed by atoms with Gasteiger partial charge < -0.3 is 20.4 Å². The molecule has 2 N–H and O–H groups in total. The summed E-state index contributed by atoms with van der Waals surface area (Å²) in [7, 11) is 4.50. The van der Waals surface area contributed by atoms with Crippen LogP contribution in [-0.2, 0) is 0 Å². The van der Waals surface area contributed by atoms with Crippen molar-refractivity contribution in [1.29, 1.82) is 0 Å². The van der Waals surface area contributed by atoms with E-state index in [0.29, 0.717) is 6.04 Å². The highest BCUT2D eigenvalue weighted by atomic mass is 15.1. The lowest BCUT2D eigenvalue weighted by molar-refractivity contribution is 0.270. The summed E-state index contributed by atoms with van der Waals surface area (Å²) in [6.07, 6.45) is 4.86. The molecule has 1 aliphatic heterocycles. The minimum absolute atomic E-state index is 0.458. The second-order valence-electron chi connectivity index (χ2n) is 7.12. The van der Waals surface area contributed by atoms with Gasteiger partial charge in [0.2, 0.25) is 0 Å². The van der Waals surface area contributed by atoms with Gasteiger partial charge in [-0.3, -0.25) is 0 Å². The van der Waals surface area contributed by atoms with E-state index in [0.717, 1.165) is 26.1 Å². The Morgan fingerprint density at radius 2 is 1.42 bits per heavy atom. The van der Waals surface area contributed by atoms with E-state index in [9.17, 15) is 0 Å². The smallest absolute Gasteiger partial charge is 0.0332 e. The second-order valence-corrected chi connectivity index (χ2v) is 7.12. The molecule has 1 saturated heterocycles. The van der Waals surface area contributed by atoms with Crippen molar-refractivity contribution in [3.63, 3.8) is 0 Å². The summed E-state index contributed by atoms with van der Waals surface area (Å²) >= 11 is 0. The van der Waals surface area contributed by atoms with Crippen molar-refractivity contribution in [3.8, 4) is 0 Å². The molecule has 136 valence electrons. The zero-order chi connectivity index (χ0) is 17.0. The number of nitrogens with one attached hydrogen (secondary N) is 2. The Balaban J connectivity index is 1.86. The van der Waals surface area contributed by atoms with Crippen LogP contribution in [0.3, 0.4) is 0 Å². The summed E-state index contributed by atoms with van der Waals surface area (Å²) in [4.78, 5) is 4.94. The van der Waals surface area contributed by atoms with Crippen LogP contribution in [0.25, 0.3) is 0 Å². The highest BCUT2D eigenvalue weighted by Gasteiger charge is 2.10. The molecule has 1 unspecified atom stereocenters. The van der Waals surface area contributed by atoms with Gasteiger partial charge in [0, 0.05) is 6.04 Å². The average Bonchev–Trinajstić information content (AvgIpc) is 2.59. The summed E-state index contributed by atoms with van der Waals surface area (Å²) < 4.78 is 0. The van der Waals surface area contributed by atoms with E-state index in [2.05, 4.69) is 64.9 Å². The van der Waals surface area contributed by atoms with E-state index < -0.39 is 0 Å². The van der Waals surface area contributed by atoms with Gasteiger partial charge >= 0.3 is 0 Å². The third-order valence-corrected chi connectivity index (χ3v) is 4.89. The molecule has 24 heavy (non-hydrogen) atoms. The van der Waals surface area contributed by atoms with E-state index in [1.165, 1.54) is 51.0 Å². The standard InChI is InChI=1S/C20H36N4/c1-23-15-6-12-21-14-11-20(19-9-4-3-5-10-19)22-13-7-16-24(2)18-8-17-23/h3-5,9-10,20-22H,6-8,11-18H2,1-2H3. The molecule has 0 aromatic heterocycles. The maximum Gasteiger partial charge on any atom is 0.0332 e. The molecule has 2 rings (SSSR count). The fraction of sp³-hybridized carbons (Fsp3) is 0.700. The number of hydrogen-bond acceptors (Lipinski definition) is 4. The van der Waals surface area contributed by atoms with Crippen LogP contribution in [0.2, 0.25) is 0 Å². The molecule has 1 fully saturated rings. The van der Waals surface area contributed by atoms with Crippen molar-refractivity contribution < 1.29 is 0 Å². The predicted molar refractivity (Wildman–Crippen MR) is 104 cm³/mol. The molecule has 0 saturated carbocycles. The summed E-state index contributed by atoms with van der Waals surface area (Å²) in [5, 5.41) is 7.39. The first kappa shape index (κ1) is 19.4. The summed E-state index contributed by atoms with van der Waals surface area (Å²) in [5.41, 5.74) is 1.41. The van der Waals surface area contributed by atoms with Crippen molar-refractivity contribution in [2.45, 2.75) is 31.7 Å². The quantitative estimate of drug-likeness (QED) is 0.826. The fourth-order valence-electron chi connectivity index (χ4n) is 3.38. The molecule has 1 atom stereocenters. The van der Waals surface area contributed by atoms with Gasteiger partial charge in [-0.2, -0.15) is 0 Å². The first-order valence-electron chi connectivity index (χ1n) is 9.62. The van der Waals surface area contributed by atoms with Crippen LogP contribution in [0, 0.1) is 0 Å². The first-order valence-corrected chi connectivity index (χ1v) is 9.62. The highest BCUT2D eigenvalue weighted by molar-refractivity contribution is 5.18. The molecule has 1 aromatic carbocycles. The van der Waals surface area contributed by atoms with Gasteiger partial charge in [-0.05, 0) is 91.2 Å². The maximum atomic E-state index is 3.77. The van der Waals surface area contributed by atoms with E-state index in [1.807, 2.05) is 0 Å². The lowest BCUT2D eigenvalue weighted by atomic mass is 10.0. The minimum Gasteiger partial charge on any atom is -0.317 e. The monoisotopic (exact) mass is 332 g/mol. The molecule has 0 spiro atoms. The van der Waals surface area contributed by atoms with Crippen LogP contribution in [-0.4, -0.2) is 69.7 Å². The van der Waals surface area contributed by atoms with Crippen LogP contribution in [0.4, 0.5) is 0 Å². The van der Waals surface area contributed by atoms with Crippen LogP contribution < -0.4 is 10.6 Å². The van der Waals surface area contributed by atoms with Crippen LogP contribution >= 0.6 is 0 Å². The molecular weight excluding hydrogens is 296 g/mol. The molecule has 0 bridgehead atoms. The van der Waals surface area contributed by atoms with Crippen LogP contribution in [0.5, 0.6) is 0 Å². The Labute approximate surface area is 148 Å². The number of nitrogens with zero attached hydrogens (tertiary/aromatic N) is 2. The Kier molecular flexibility index (Phi) is 9.36. The topological polar surface area (TPSA) is 30.5 Å². The van der Waals surface area contributed by atoms with Crippen molar-refractivity contribution in [1.82, 2.24) is 20.4 Å². The average molecular weight is 333 g/mol. The van der Waals surface area contributed by atoms with Crippen LogP contribution in [0.15, 0.2) is 30.3 Å². The SMILES string of the molecule is CN1CCCNCCC(c2ccccc2)NCCCN(C)CCC1. The Morgan fingerprint density at radius 3 is 2.12 bits per heavy atom. The van der Waals surface area contributed by atoms with Crippen molar-refractivity contribution in [3.05, 3.63) is 35.9 Å². The summed E-state index contributed by atoms with van der Waals surface area (Å²) in [6.45, 7) is 8.06. The third-order valence-electron chi connectivity index (χ3n) is 4.89. The normalized spacial score (nSPS) is 24.7. The largest absolute Gasteiger partial charge is 0.317 e. The number of rotatable bonds is 1. The predicted octanol–water partition coefficient (Wildman–Crippen LogP) is 2.34. The van der Waals surface area contributed by atoms with Gasteiger partial charge in [-0.1, -0.05) is 30.3 Å². The lowest BCUT2D eigenvalue weighted by Crippen LogP contribution is -2.32. The molecule has 1 heterocycles. The maximum absolute atomic E-state index is 3.77. The molecule has 1 aromatic rings. The third kappa shape index (κ3) is 7.75. The number of hydrogen-bond donors (Lipinski definition) is 2. The van der Waals surface area contributed by atoms with Gasteiger partial charge in [0.25, 0.3) is 0 Å². The van der Waals surface area contributed by atoms with E-state index in [-0.39, 0.29) is 0 Å². The van der Waals surface area contributed by atoms with Crippen molar-refractivity contribution >= 4 is 0 Å². The zero-order valence-corrected chi connectivity index (χ0v) is 15.6. The zero-order valence-electron chi connectivity index (χ0n) is 15.6. The molecule has 1 aliphatic rings. The van der Waals surface area contributed by atoms with Gasteiger partial charge in [-0.25, -0.2) is 0 Å². The Bertz CT molecular complexity index is 423. The molecular formula is C20H36N4. The molecule has 0 amide bonds. The van der Waals surface area contributed by atoms with E-state index >= 15 is 0 Å². The van der Waals surface area contributed by atoms with Gasteiger partial charge in [0.1, 0.15) is 0 Å². The van der Waals surface area contributed by atoms with E-state index in [1.54, 1.807) is 0 Å². The van der Waals surface area contributed by atoms with Crippen molar-refractivity contribution in [2.75, 3.05) is 59.9 Å². The van der Waals surface area contributed by atoms with Gasteiger partial charge in [0.05, 0.1) is 0 Å². The second kappa shape index (κ2) is 11.6. The van der Waals surface area contributed by atoms with Crippen molar-refractivity contribution in [2.24, 2.45) is 0 Å². The Morgan fingerprint density at radius 1 is 0.792 bits per heavy atom. The van der Waals surface area contributed by atoms with Gasteiger partial charge in [-0.15, -0.1) is 0 Å². The molecule has 4 heteroatoms. The lowest BCUT2D eigenvalue weighted by Gasteiger charge is -2.23. The summed E-state index contributed by atoms with van der Waals surface area (Å²) in [5.74, 6) is 0. The fourth-order valence-corrected chi connectivity index (χ4v) is 3.38. The van der Waals surface area contributed by atoms with Gasteiger partial charge in [0.15, 0.2) is 0 Å².